The van der Waals surface area contributed by atoms with Gasteiger partial charge in [-0.2, -0.15) is 4.98 Å². The number of aliphatic hydroxyl groups excluding tert-OH is 1. The van der Waals surface area contributed by atoms with Crippen LogP contribution < -0.4 is 20.1 Å². The molecule has 0 spiro atoms. The summed E-state index contributed by atoms with van der Waals surface area (Å²) < 4.78 is 11.9. The van der Waals surface area contributed by atoms with E-state index in [1.54, 1.807) is 38.0 Å². The first kappa shape index (κ1) is 24.2. The highest BCUT2D eigenvalue weighted by molar-refractivity contribution is 7.21. The van der Waals surface area contributed by atoms with Gasteiger partial charge in [-0.25, -0.2) is 9.97 Å². The van der Waals surface area contributed by atoms with Crippen molar-refractivity contribution in [1.29, 1.82) is 0 Å². The Hall–Kier alpha value is -3.50. The second-order valence-corrected chi connectivity index (χ2v) is 10.0. The van der Waals surface area contributed by atoms with Gasteiger partial charge in [-0.05, 0) is 55.9 Å². The number of fused-ring (bicyclic) bond motifs is 1. The number of benzene rings is 1. The van der Waals surface area contributed by atoms with Crippen LogP contribution in [0.25, 0.3) is 20.8 Å². The third-order valence-corrected chi connectivity index (χ3v) is 7.55. The van der Waals surface area contributed by atoms with Crippen molar-refractivity contribution >= 4 is 33.3 Å². The minimum atomic E-state index is 0.218. The van der Waals surface area contributed by atoms with Crippen molar-refractivity contribution in [2.45, 2.75) is 38.8 Å². The highest BCUT2D eigenvalue weighted by atomic mass is 32.1. The largest absolute Gasteiger partial charge is 0.497 e. The summed E-state index contributed by atoms with van der Waals surface area (Å²) in [5, 5.41) is 17.5. The number of pyridine rings is 1. The molecule has 3 aromatic heterocycles. The molecule has 0 radical (unpaired) electrons. The predicted octanol–water partition coefficient (Wildman–Crippen LogP) is 4.66. The minimum Gasteiger partial charge on any atom is -0.497 e. The second-order valence-electron chi connectivity index (χ2n) is 9.00. The van der Waals surface area contributed by atoms with Gasteiger partial charge in [-0.15, -0.1) is 11.3 Å². The van der Waals surface area contributed by atoms with Crippen LogP contribution in [0.15, 0.2) is 36.7 Å². The zero-order chi connectivity index (χ0) is 25.1. The van der Waals surface area contributed by atoms with Gasteiger partial charge in [0, 0.05) is 31.5 Å². The van der Waals surface area contributed by atoms with Gasteiger partial charge in [0.25, 0.3) is 0 Å². The molecule has 1 saturated carbocycles. The summed E-state index contributed by atoms with van der Waals surface area (Å²) in [7, 11) is 3.27. The predicted molar refractivity (Wildman–Crippen MR) is 142 cm³/mol. The number of anilines is 2. The average Bonchev–Trinajstić information content (AvgIpc) is 3.53. The molecular formula is C26H30N6O3S. The molecule has 0 bridgehead atoms. The molecule has 36 heavy (non-hydrogen) atoms. The van der Waals surface area contributed by atoms with E-state index in [4.69, 9.17) is 24.4 Å². The quantitative estimate of drug-likeness (QED) is 0.298. The van der Waals surface area contributed by atoms with Crippen molar-refractivity contribution in [3.63, 3.8) is 0 Å². The summed E-state index contributed by atoms with van der Waals surface area (Å²) >= 11 is 1.61. The van der Waals surface area contributed by atoms with Gasteiger partial charge in [0.1, 0.15) is 27.8 Å². The zero-order valence-corrected chi connectivity index (χ0v) is 21.4. The molecule has 1 aromatic carbocycles. The maximum absolute atomic E-state index is 9.61. The number of nitrogens with one attached hydrogen (secondary N) is 2. The van der Waals surface area contributed by atoms with Crippen molar-refractivity contribution in [2.24, 2.45) is 5.92 Å². The Labute approximate surface area is 214 Å². The van der Waals surface area contributed by atoms with Crippen LogP contribution in [0.1, 0.15) is 30.5 Å². The molecular weight excluding hydrogens is 476 g/mol. The van der Waals surface area contributed by atoms with Gasteiger partial charge < -0.3 is 25.2 Å². The van der Waals surface area contributed by atoms with Crippen molar-refractivity contribution in [2.75, 3.05) is 31.5 Å². The molecule has 0 amide bonds. The fraction of sp³-hybridized carbons (Fsp3) is 0.385. The van der Waals surface area contributed by atoms with Crippen LogP contribution in [0.5, 0.6) is 11.5 Å². The molecule has 2 atom stereocenters. The minimum absolute atomic E-state index is 0.218. The normalized spacial score (nSPS) is 17.3. The maximum atomic E-state index is 9.61. The van der Waals surface area contributed by atoms with Crippen LogP contribution in [-0.2, 0) is 6.54 Å². The first-order valence-electron chi connectivity index (χ1n) is 12.0. The van der Waals surface area contributed by atoms with Gasteiger partial charge in [-0.3, -0.25) is 4.98 Å². The first-order valence-corrected chi connectivity index (χ1v) is 12.8. The van der Waals surface area contributed by atoms with E-state index in [2.05, 4.69) is 15.6 Å². The molecule has 3 heterocycles. The van der Waals surface area contributed by atoms with E-state index in [0.717, 1.165) is 68.6 Å². The number of nitrogens with zero attached hydrogens (tertiary/aromatic N) is 4. The van der Waals surface area contributed by atoms with E-state index in [0.29, 0.717) is 18.4 Å². The molecule has 3 N–H and O–H groups in total. The summed E-state index contributed by atoms with van der Waals surface area (Å²) in [6.45, 7) is 2.71. The van der Waals surface area contributed by atoms with Crippen LogP contribution in [0.4, 0.5) is 11.8 Å². The van der Waals surface area contributed by atoms with Gasteiger partial charge >= 0.3 is 0 Å². The number of hydrogen-bond donors (Lipinski definition) is 3. The van der Waals surface area contributed by atoms with Crippen LogP contribution in [-0.4, -0.2) is 51.9 Å². The summed E-state index contributed by atoms with van der Waals surface area (Å²) in [6.07, 6.45) is 6.46. The molecule has 188 valence electrons. The van der Waals surface area contributed by atoms with E-state index < -0.39 is 0 Å². The number of methoxy groups -OCH3 is 2. The summed E-state index contributed by atoms with van der Waals surface area (Å²) in [4.78, 5) is 18.7. The lowest BCUT2D eigenvalue weighted by atomic mass is 10.1. The third kappa shape index (κ3) is 5.19. The molecule has 9 nitrogen and oxygen atoms in total. The Kier molecular flexibility index (Phi) is 7.15. The van der Waals surface area contributed by atoms with Crippen molar-refractivity contribution < 1.29 is 14.6 Å². The number of aromatic nitrogens is 4. The van der Waals surface area contributed by atoms with Crippen molar-refractivity contribution in [3.8, 4) is 22.1 Å². The topological polar surface area (TPSA) is 114 Å². The second kappa shape index (κ2) is 10.6. The number of hydrogen-bond acceptors (Lipinski definition) is 10. The van der Waals surface area contributed by atoms with Crippen LogP contribution in [0.3, 0.4) is 0 Å². The summed E-state index contributed by atoms with van der Waals surface area (Å²) in [5.74, 6) is 3.06. The lowest BCUT2D eigenvalue weighted by Gasteiger charge is -2.18. The highest BCUT2D eigenvalue weighted by Crippen LogP contribution is 2.37. The van der Waals surface area contributed by atoms with E-state index in [1.165, 1.54) is 0 Å². The van der Waals surface area contributed by atoms with Crippen LogP contribution in [0, 0.1) is 12.8 Å². The van der Waals surface area contributed by atoms with Gasteiger partial charge in [-0.1, -0.05) is 0 Å². The maximum Gasteiger partial charge on any atom is 0.225 e. The Morgan fingerprint density at radius 1 is 1.08 bits per heavy atom. The number of aryl methyl sites for hydroxylation is 1. The molecule has 1 aliphatic rings. The fourth-order valence-corrected chi connectivity index (χ4v) is 5.64. The smallest absolute Gasteiger partial charge is 0.225 e. The van der Waals surface area contributed by atoms with E-state index >= 15 is 0 Å². The summed E-state index contributed by atoms with van der Waals surface area (Å²) in [6, 6.07) is 7.97. The van der Waals surface area contributed by atoms with Crippen molar-refractivity contribution in [3.05, 3.63) is 47.9 Å². The van der Waals surface area contributed by atoms with Gasteiger partial charge in [0.2, 0.25) is 5.95 Å². The number of aliphatic hydroxyl groups is 1. The van der Waals surface area contributed by atoms with Crippen LogP contribution in [0.2, 0.25) is 0 Å². The monoisotopic (exact) mass is 506 g/mol. The molecule has 0 aliphatic heterocycles. The van der Waals surface area contributed by atoms with Gasteiger partial charge in [0.05, 0.1) is 36.4 Å². The molecule has 1 fully saturated rings. The Morgan fingerprint density at radius 3 is 2.58 bits per heavy atom. The van der Waals surface area contributed by atoms with Crippen LogP contribution >= 0.6 is 11.3 Å². The third-order valence-electron chi connectivity index (χ3n) is 6.50. The Bertz CT molecular complexity index is 1310. The Balaban J connectivity index is 1.47. The summed E-state index contributed by atoms with van der Waals surface area (Å²) in [5.41, 5.74) is 3.59. The van der Waals surface area contributed by atoms with E-state index in [9.17, 15) is 5.11 Å². The number of rotatable bonds is 9. The first-order chi connectivity index (χ1) is 17.6. The number of ether oxygens (including phenoxy) is 2. The van der Waals surface area contributed by atoms with E-state index in [-0.39, 0.29) is 12.6 Å². The number of thiazole rings is 1. The molecule has 0 unspecified atom stereocenters. The lowest BCUT2D eigenvalue weighted by Crippen LogP contribution is -2.19. The zero-order valence-electron chi connectivity index (χ0n) is 20.6. The molecule has 5 rings (SSSR count). The fourth-order valence-electron chi connectivity index (χ4n) is 4.61. The SMILES string of the molecule is COc1cc(CNc2nc(C)c(-c3nc4cnccc4s3)c(N[C@H]3CC[C@@H](CO)C3)n2)cc(OC)c1. The Morgan fingerprint density at radius 2 is 1.89 bits per heavy atom. The standard InChI is InChI=1S/C26H30N6O3S/c1-15-23(25-31-21-13-27-7-6-22(21)36-25)24(30-18-5-4-16(8-18)14-33)32-26(29-15)28-12-17-9-19(34-2)11-20(10-17)35-3/h6-7,9-11,13,16,18,33H,4-5,8,12,14H2,1-3H3,(H2,28,29,30,32)/t16-,18+/m1/s1. The highest BCUT2D eigenvalue weighted by Gasteiger charge is 2.26. The molecule has 0 saturated heterocycles. The van der Waals surface area contributed by atoms with Crippen molar-refractivity contribution in [1.82, 2.24) is 19.9 Å². The van der Waals surface area contributed by atoms with Gasteiger partial charge in [0.15, 0.2) is 0 Å². The average molecular weight is 507 g/mol. The van der Waals surface area contributed by atoms with E-state index in [1.807, 2.05) is 31.2 Å². The molecule has 10 heteroatoms. The molecule has 1 aliphatic carbocycles. The lowest BCUT2D eigenvalue weighted by molar-refractivity contribution is 0.229. The molecule has 4 aromatic rings.